The number of fused-ring (bicyclic) bond motifs is 1. The van der Waals surface area contributed by atoms with E-state index in [1.807, 2.05) is 18.2 Å². The normalized spacial score (nSPS) is 16.5. The largest absolute Gasteiger partial charge is 0.490 e. The Kier molecular flexibility index (Phi) is 4.72. The van der Waals surface area contributed by atoms with Gasteiger partial charge in [0.1, 0.15) is 0 Å². The van der Waals surface area contributed by atoms with Crippen molar-refractivity contribution in [2.75, 3.05) is 19.0 Å². The Bertz CT molecular complexity index is 575. The van der Waals surface area contributed by atoms with Gasteiger partial charge in [0.2, 0.25) is 5.91 Å². The van der Waals surface area contributed by atoms with Crippen molar-refractivity contribution >= 4 is 23.7 Å². The van der Waals surface area contributed by atoms with Gasteiger partial charge >= 0.3 is 6.03 Å². The molecule has 2 aliphatic rings. The van der Waals surface area contributed by atoms with Gasteiger partial charge in [0, 0.05) is 17.4 Å². The number of hydrogen-bond donors (Lipinski definition) is 2. The average Bonchev–Trinajstić information content (AvgIpc) is 3.31. The second-order valence-corrected chi connectivity index (χ2v) is 6.29. The third-order valence-electron chi connectivity index (χ3n) is 3.25. The molecule has 1 aromatic rings. The molecule has 1 aliphatic heterocycles. The second-order valence-electron chi connectivity index (χ2n) is 5.24. The number of carbonyl (C=O) groups is 2. The van der Waals surface area contributed by atoms with E-state index in [0.717, 1.165) is 29.9 Å². The van der Waals surface area contributed by atoms with E-state index >= 15 is 0 Å². The standard InChI is InChI=1S/C15H18N2O4S/c18-14(17-15(19)16-10-2-3-10)9-22-11-4-5-12-13(8-11)21-7-1-6-20-12/h4-5,8,10H,1-3,6-7,9H2,(H2,16,17,18,19). The molecule has 1 aliphatic carbocycles. The lowest BCUT2D eigenvalue weighted by Gasteiger charge is -2.09. The summed E-state index contributed by atoms with van der Waals surface area (Å²) in [5.41, 5.74) is 0. The maximum Gasteiger partial charge on any atom is 0.321 e. The summed E-state index contributed by atoms with van der Waals surface area (Å²) >= 11 is 1.36. The first-order chi connectivity index (χ1) is 10.7. The maximum atomic E-state index is 11.7. The summed E-state index contributed by atoms with van der Waals surface area (Å²) in [7, 11) is 0. The summed E-state index contributed by atoms with van der Waals surface area (Å²) in [5, 5.41) is 5.04. The zero-order chi connectivity index (χ0) is 15.4. The van der Waals surface area contributed by atoms with Gasteiger partial charge in [0.05, 0.1) is 19.0 Å². The van der Waals surface area contributed by atoms with Crippen molar-refractivity contribution in [2.24, 2.45) is 0 Å². The fourth-order valence-corrected chi connectivity index (χ4v) is 2.72. The Morgan fingerprint density at radius 2 is 1.95 bits per heavy atom. The van der Waals surface area contributed by atoms with E-state index in [2.05, 4.69) is 10.6 Å². The van der Waals surface area contributed by atoms with E-state index in [1.54, 1.807) is 0 Å². The van der Waals surface area contributed by atoms with Gasteiger partial charge in [0.15, 0.2) is 11.5 Å². The lowest BCUT2D eigenvalue weighted by atomic mass is 10.3. The Morgan fingerprint density at radius 1 is 1.18 bits per heavy atom. The third kappa shape index (κ3) is 4.30. The summed E-state index contributed by atoms with van der Waals surface area (Å²) in [4.78, 5) is 24.1. The van der Waals surface area contributed by atoms with Crippen LogP contribution in [0, 0.1) is 0 Å². The quantitative estimate of drug-likeness (QED) is 0.828. The summed E-state index contributed by atoms with van der Waals surface area (Å²) in [5.74, 6) is 1.30. The highest BCUT2D eigenvalue weighted by molar-refractivity contribution is 8.00. The van der Waals surface area contributed by atoms with Crippen LogP contribution in [-0.4, -0.2) is 36.9 Å². The molecule has 0 spiro atoms. The van der Waals surface area contributed by atoms with Crippen LogP contribution < -0.4 is 20.1 Å². The molecule has 1 fully saturated rings. The van der Waals surface area contributed by atoms with Crippen molar-refractivity contribution in [3.8, 4) is 11.5 Å². The molecule has 1 saturated carbocycles. The molecule has 0 unspecified atom stereocenters. The smallest absolute Gasteiger partial charge is 0.321 e. The van der Waals surface area contributed by atoms with Crippen molar-refractivity contribution in [1.29, 1.82) is 0 Å². The number of amides is 3. The number of hydrogen-bond acceptors (Lipinski definition) is 5. The molecule has 3 amide bonds. The topological polar surface area (TPSA) is 76.7 Å². The highest BCUT2D eigenvalue weighted by atomic mass is 32.2. The number of carbonyl (C=O) groups excluding carboxylic acids is 2. The van der Waals surface area contributed by atoms with Crippen molar-refractivity contribution in [1.82, 2.24) is 10.6 Å². The van der Waals surface area contributed by atoms with Gasteiger partial charge in [-0.3, -0.25) is 10.1 Å². The zero-order valence-electron chi connectivity index (χ0n) is 12.1. The van der Waals surface area contributed by atoms with Gasteiger partial charge in [0.25, 0.3) is 0 Å². The van der Waals surface area contributed by atoms with Crippen LogP contribution in [0.15, 0.2) is 23.1 Å². The first kappa shape index (κ1) is 15.0. The van der Waals surface area contributed by atoms with E-state index in [9.17, 15) is 9.59 Å². The zero-order valence-corrected chi connectivity index (χ0v) is 12.9. The van der Waals surface area contributed by atoms with Gasteiger partial charge in [-0.2, -0.15) is 0 Å². The number of ether oxygens (including phenoxy) is 2. The highest BCUT2D eigenvalue weighted by Gasteiger charge is 2.23. The van der Waals surface area contributed by atoms with Crippen LogP contribution in [0.1, 0.15) is 19.3 Å². The van der Waals surface area contributed by atoms with Gasteiger partial charge in [-0.15, -0.1) is 11.8 Å². The molecule has 118 valence electrons. The molecule has 0 radical (unpaired) electrons. The predicted molar refractivity (Wildman–Crippen MR) is 82.5 cm³/mol. The third-order valence-corrected chi connectivity index (χ3v) is 4.25. The lowest BCUT2D eigenvalue weighted by molar-refractivity contribution is -0.117. The molecule has 1 heterocycles. The molecule has 1 aromatic carbocycles. The molecular weight excluding hydrogens is 304 g/mol. The van der Waals surface area contributed by atoms with Crippen LogP contribution in [-0.2, 0) is 4.79 Å². The van der Waals surface area contributed by atoms with Gasteiger partial charge in [-0.05, 0) is 31.0 Å². The molecule has 0 bridgehead atoms. The summed E-state index contributed by atoms with van der Waals surface area (Å²) in [6, 6.07) is 5.42. The van der Waals surface area contributed by atoms with Crippen molar-refractivity contribution in [2.45, 2.75) is 30.2 Å². The van der Waals surface area contributed by atoms with E-state index in [4.69, 9.17) is 9.47 Å². The maximum absolute atomic E-state index is 11.7. The number of benzene rings is 1. The molecule has 6 nitrogen and oxygen atoms in total. The van der Waals surface area contributed by atoms with Gasteiger partial charge in [-0.25, -0.2) is 4.79 Å². The first-order valence-corrected chi connectivity index (χ1v) is 8.32. The monoisotopic (exact) mass is 322 g/mol. The number of thioether (sulfide) groups is 1. The van der Waals surface area contributed by atoms with Crippen LogP contribution >= 0.6 is 11.8 Å². The Labute approximate surface area is 132 Å². The van der Waals surface area contributed by atoms with E-state index in [-0.39, 0.29) is 17.7 Å². The molecule has 0 atom stereocenters. The molecule has 3 rings (SSSR count). The molecule has 22 heavy (non-hydrogen) atoms. The highest BCUT2D eigenvalue weighted by Crippen LogP contribution is 2.33. The van der Waals surface area contributed by atoms with Crippen molar-refractivity contribution in [3.05, 3.63) is 18.2 Å². The minimum Gasteiger partial charge on any atom is -0.490 e. The molecule has 0 aromatic heterocycles. The fourth-order valence-electron chi connectivity index (χ4n) is 1.99. The van der Waals surface area contributed by atoms with Crippen LogP contribution in [0.2, 0.25) is 0 Å². The number of urea groups is 1. The summed E-state index contributed by atoms with van der Waals surface area (Å²) < 4.78 is 11.2. The average molecular weight is 322 g/mol. The summed E-state index contributed by atoms with van der Waals surface area (Å²) in [6.07, 6.45) is 2.84. The number of rotatable bonds is 4. The van der Waals surface area contributed by atoms with E-state index < -0.39 is 6.03 Å². The van der Waals surface area contributed by atoms with Crippen LogP contribution in [0.25, 0.3) is 0 Å². The summed E-state index contributed by atoms with van der Waals surface area (Å²) in [6.45, 7) is 1.28. The number of imide groups is 1. The Hall–Kier alpha value is -1.89. The molecule has 7 heteroatoms. The van der Waals surface area contributed by atoms with Crippen molar-refractivity contribution < 1.29 is 19.1 Å². The molecular formula is C15H18N2O4S. The van der Waals surface area contributed by atoms with E-state index in [0.29, 0.717) is 19.0 Å². The Morgan fingerprint density at radius 3 is 2.73 bits per heavy atom. The SMILES string of the molecule is O=C(CSc1ccc2c(c1)OCCCO2)NC(=O)NC1CC1. The lowest BCUT2D eigenvalue weighted by Crippen LogP contribution is -2.41. The van der Waals surface area contributed by atoms with Gasteiger partial charge < -0.3 is 14.8 Å². The van der Waals surface area contributed by atoms with Gasteiger partial charge in [-0.1, -0.05) is 0 Å². The molecule has 2 N–H and O–H groups in total. The predicted octanol–water partition coefficient (Wildman–Crippen LogP) is 1.93. The van der Waals surface area contributed by atoms with Crippen LogP contribution in [0.5, 0.6) is 11.5 Å². The van der Waals surface area contributed by atoms with E-state index in [1.165, 1.54) is 11.8 Å². The first-order valence-electron chi connectivity index (χ1n) is 7.33. The minimum atomic E-state index is -0.410. The number of nitrogens with one attached hydrogen (secondary N) is 2. The Balaban J connectivity index is 1.49. The minimum absolute atomic E-state index is 0.178. The second kappa shape index (κ2) is 6.91. The fraction of sp³-hybridized carbons (Fsp3) is 0.467. The van der Waals surface area contributed by atoms with Crippen molar-refractivity contribution in [3.63, 3.8) is 0 Å². The molecule has 0 saturated heterocycles. The van der Waals surface area contributed by atoms with Crippen LogP contribution in [0.4, 0.5) is 4.79 Å². The van der Waals surface area contributed by atoms with Crippen LogP contribution in [0.3, 0.4) is 0 Å².